The number of carbonyl (C=O) groups is 1. The summed E-state index contributed by atoms with van der Waals surface area (Å²) < 4.78 is 5.46. The van der Waals surface area contributed by atoms with Crippen LogP contribution in [-0.4, -0.2) is 60.3 Å². The number of ether oxygens (including phenoxy) is 1. The first-order valence-electron chi connectivity index (χ1n) is 10.3. The Kier molecular flexibility index (Phi) is 6.19. The molecule has 0 spiro atoms. The lowest BCUT2D eigenvalue weighted by Gasteiger charge is -2.36. The molecule has 0 unspecified atom stereocenters. The number of nitrogens with one attached hydrogen (secondary N) is 1. The molecule has 154 valence electrons. The molecule has 1 amide bonds. The van der Waals surface area contributed by atoms with Gasteiger partial charge in [-0.1, -0.05) is 6.07 Å². The fourth-order valence-corrected chi connectivity index (χ4v) is 3.98. The van der Waals surface area contributed by atoms with E-state index in [1.165, 1.54) is 0 Å². The average Bonchev–Trinajstić information content (AvgIpc) is 2.80. The number of nitrogens with zero attached hydrogens (tertiary/aromatic N) is 5. The molecule has 4 rings (SSSR count). The number of piperidine rings is 1. The molecular weight excluding hydrogens is 368 g/mol. The standard InChI is InChI=1S/C21H28N6O2/c1-16(18-4-2-3-7-23-18)25-21(28)17-5-8-26(9-6-17)19-14-22-15-24-20(19)27-10-12-29-13-11-27/h2-4,7,14-17H,5-6,8-13H2,1H3,(H,25,28)/t16-/m0/s1. The quantitative estimate of drug-likeness (QED) is 0.825. The second-order valence-electron chi connectivity index (χ2n) is 7.58. The molecule has 1 atom stereocenters. The molecule has 2 saturated heterocycles. The summed E-state index contributed by atoms with van der Waals surface area (Å²) in [7, 11) is 0. The number of anilines is 2. The van der Waals surface area contributed by atoms with Gasteiger partial charge in [-0.3, -0.25) is 9.78 Å². The maximum atomic E-state index is 12.7. The van der Waals surface area contributed by atoms with Crippen molar-refractivity contribution in [2.24, 2.45) is 5.92 Å². The van der Waals surface area contributed by atoms with E-state index < -0.39 is 0 Å². The Bertz CT molecular complexity index is 804. The molecule has 2 aliphatic rings. The second-order valence-corrected chi connectivity index (χ2v) is 7.58. The Hall–Kier alpha value is -2.74. The van der Waals surface area contributed by atoms with Crippen molar-refractivity contribution in [2.75, 3.05) is 49.2 Å². The lowest BCUT2D eigenvalue weighted by atomic mass is 9.95. The molecule has 0 bridgehead atoms. The van der Waals surface area contributed by atoms with E-state index >= 15 is 0 Å². The number of carbonyl (C=O) groups excluding carboxylic acids is 1. The van der Waals surface area contributed by atoms with Gasteiger partial charge in [-0.2, -0.15) is 0 Å². The van der Waals surface area contributed by atoms with Gasteiger partial charge in [0.05, 0.1) is 36.8 Å². The van der Waals surface area contributed by atoms with E-state index in [2.05, 4.69) is 30.1 Å². The van der Waals surface area contributed by atoms with Crippen LogP contribution in [0.5, 0.6) is 0 Å². The van der Waals surface area contributed by atoms with E-state index in [9.17, 15) is 4.79 Å². The first-order chi connectivity index (χ1) is 14.2. The SMILES string of the molecule is C[C@H](NC(=O)C1CCN(c2cncnc2N2CCOCC2)CC1)c1ccccn1. The third-order valence-electron chi connectivity index (χ3n) is 5.68. The summed E-state index contributed by atoms with van der Waals surface area (Å²) >= 11 is 0. The Balaban J connectivity index is 1.35. The van der Waals surface area contributed by atoms with E-state index in [0.29, 0.717) is 0 Å². The van der Waals surface area contributed by atoms with Crippen LogP contribution < -0.4 is 15.1 Å². The molecule has 29 heavy (non-hydrogen) atoms. The van der Waals surface area contributed by atoms with Crippen molar-refractivity contribution >= 4 is 17.4 Å². The number of amides is 1. The highest BCUT2D eigenvalue weighted by Crippen LogP contribution is 2.30. The molecule has 0 aliphatic carbocycles. The third-order valence-corrected chi connectivity index (χ3v) is 5.68. The Morgan fingerprint density at radius 3 is 2.66 bits per heavy atom. The van der Waals surface area contributed by atoms with E-state index in [0.717, 1.165) is 69.4 Å². The minimum Gasteiger partial charge on any atom is -0.378 e. The van der Waals surface area contributed by atoms with Crippen LogP contribution in [-0.2, 0) is 9.53 Å². The monoisotopic (exact) mass is 396 g/mol. The summed E-state index contributed by atoms with van der Waals surface area (Å²) in [6, 6.07) is 5.68. The van der Waals surface area contributed by atoms with Crippen molar-refractivity contribution in [1.82, 2.24) is 20.3 Å². The first kappa shape index (κ1) is 19.6. The molecule has 0 aromatic carbocycles. The fourth-order valence-electron chi connectivity index (χ4n) is 3.98. The van der Waals surface area contributed by atoms with Gasteiger partial charge in [0, 0.05) is 38.3 Å². The lowest BCUT2D eigenvalue weighted by molar-refractivity contribution is -0.126. The molecule has 0 radical (unpaired) electrons. The van der Waals surface area contributed by atoms with Crippen LogP contribution in [0, 0.1) is 5.92 Å². The van der Waals surface area contributed by atoms with Crippen LogP contribution in [0.25, 0.3) is 0 Å². The highest BCUT2D eigenvalue weighted by atomic mass is 16.5. The highest BCUT2D eigenvalue weighted by Gasteiger charge is 2.28. The predicted octanol–water partition coefficient (Wildman–Crippen LogP) is 1.80. The summed E-state index contributed by atoms with van der Waals surface area (Å²) in [6.45, 7) is 6.75. The largest absolute Gasteiger partial charge is 0.378 e. The van der Waals surface area contributed by atoms with Crippen LogP contribution >= 0.6 is 0 Å². The van der Waals surface area contributed by atoms with Crippen molar-refractivity contribution in [2.45, 2.75) is 25.8 Å². The summed E-state index contributed by atoms with van der Waals surface area (Å²) in [4.78, 5) is 30.4. The van der Waals surface area contributed by atoms with Crippen molar-refractivity contribution in [3.63, 3.8) is 0 Å². The Morgan fingerprint density at radius 2 is 1.93 bits per heavy atom. The zero-order valence-electron chi connectivity index (χ0n) is 16.8. The Labute approximate surface area is 171 Å². The molecule has 0 saturated carbocycles. The van der Waals surface area contributed by atoms with Gasteiger partial charge in [-0.05, 0) is 31.9 Å². The zero-order valence-corrected chi connectivity index (χ0v) is 16.8. The number of rotatable bonds is 5. The van der Waals surface area contributed by atoms with Crippen molar-refractivity contribution < 1.29 is 9.53 Å². The number of hydrogen-bond acceptors (Lipinski definition) is 7. The van der Waals surface area contributed by atoms with E-state index in [4.69, 9.17) is 4.74 Å². The molecule has 1 N–H and O–H groups in total. The average molecular weight is 396 g/mol. The molecule has 2 fully saturated rings. The normalized spacial score (nSPS) is 19.1. The minimum absolute atomic E-state index is 0.0221. The van der Waals surface area contributed by atoms with Gasteiger partial charge < -0.3 is 19.9 Å². The fraction of sp³-hybridized carbons (Fsp3) is 0.524. The van der Waals surface area contributed by atoms with Crippen LogP contribution in [0.4, 0.5) is 11.5 Å². The topological polar surface area (TPSA) is 83.5 Å². The van der Waals surface area contributed by atoms with Gasteiger partial charge in [0.2, 0.25) is 5.91 Å². The van der Waals surface area contributed by atoms with Crippen molar-refractivity contribution in [1.29, 1.82) is 0 Å². The first-order valence-corrected chi connectivity index (χ1v) is 10.3. The van der Waals surface area contributed by atoms with Crippen molar-refractivity contribution in [3.8, 4) is 0 Å². The van der Waals surface area contributed by atoms with Gasteiger partial charge in [0.1, 0.15) is 6.33 Å². The van der Waals surface area contributed by atoms with E-state index in [1.54, 1.807) is 12.5 Å². The minimum atomic E-state index is -0.0859. The highest BCUT2D eigenvalue weighted by molar-refractivity contribution is 5.79. The summed E-state index contributed by atoms with van der Waals surface area (Å²) in [5.74, 6) is 1.10. The maximum absolute atomic E-state index is 12.7. The maximum Gasteiger partial charge on any atom is 0.223 e. The number of hydrogen-bond donors (Lipinski definition) is 1. The number of pyridine rings is 1. The molecule has 2 aromatic rings. The van der Waals surface area contributed by atoms with Gasteiger partial charge in [-0.15, -0.1) is 0 Å². The molecule has 8 nitrogen and oxygen atoms in total. The van der Waals surface area contributed by atoms with Crippen LogP contribution in [0.2, 0.25) is 0 Å². The smallest absolute Gasteiger partial charge is 0.223 e. The third kappa shape index (κ3) is 4.64. The van der Waals surface area contributed by atoms with E-state index in [1.807, 2.05) is 31.3 Å². The summed E-state index contributed by atoms with van der Waals surface area (Å²) in [6.07, 6.45) is 6.88. The van der Waals surface area contributed by atoms with Gasteiger partial charge in [0.15, 0.2) is 5.82 Å². The lowest BCUT2D eigenvalue weighted by Crippen LogP contribution is -2.43. The van der Waals surface area contributed by atoms with Gasteiger partial charge >= 0.3 is 0 Å². The van der Waals surface area contributed by atoms with Crippen molar-refractivity contribution in [3.05, 3.63) is 42.6 Å². The summed E-state index contributed by atoms with van der Waals surface area (Å²) in [5.41, 5.74) is 1.94. The van der Waals surface area contributed by atoms with E-state index in [-0.39, 0.29) is 17.9 Å². The van der Waals surface area contributed by atoms with Gasteiger partial charge in [-0.25, -0.2) is 9.97 Å². The second kappa shape index (κ2) is 9.17. The Morgan fingerprint density at radius 1 is 1.14 bits per heavy atom. The molecule has 2 aromatic heterocycles. The number of morpholine rings is 1. The molecule has 2 aliphatic heterocycles. The molecule has 8 heteroatoms. The molecular formula is C21H28N6O2. The predicted molar refractivity (Wildman–Crippen MR) is 111 cm³/mol. The van der Waals surface area contributed by atoms with Gasteiger partial charge in [0.25, 0.3) is 0 Å². The number of aromatic nitrogens is 3. The summed E-state index contributed by atoms with van der Waals surface area (Å²) in [5, 5.41) is 3.12. The van der Waals surface area contributed by atoms with Crippen LogP contribution in [0.3, 0.4) is 0 Å². The zero-order chi connectivity index (χ0) is 20.1. The molecule has 4 heterocycles. The van der Waals surface area contributed by atoms with Crippen LogP contribution in [0.15, 0.2) is 36.9 Å². The van der Waals surface area contributed by atoms with Crippen LogP contribution in [0.1, 0.15) is 31.5 Å².